The normalized spacial score (nSPS) is 18.9. The topological polar surface area (TPSA) is 71.5 Å². The fourth-order valence-electron chi connectivity index (χ4n) is 3.70. The highest BCUT2D eigenvalue weighted by molar-refractivity contribution is 6.17. The zero-order chi connectivity index (χ0) is 19.7. The third-order valence-electron chi connectivity index (χ3n) is 5.48. The minimum atomic E-state index is -0.527. The number of anilines is 1. The number of nitrogens with zero attached hydrogens (tertiary/aromatic N) is 2. The summed E-state index contributed by atoms with van der Waals surface area (Å²) in [5.41, 5.74) is 4.17. The first kappa shape index (κ1) is 18.8. The van der Waals surface area contributed by atoms with Gasteiger partial charge in [0.25, 0.3) is 0 Å². The van der Waals surface area contributed by atoms with Crippen molar-refractivity contribution in [2.24, 2.45) is 5.92 Å². The summed E-state index contributed by atoms with van der Waals surface area (Å²) in [6.45, 7) is 6.31. The van der Waals surface area contributed by atoms with Crippen LogP contribution in [0, 0.1) is 5.92 Å². The lowest BCUT2D eigenvalue weighted by atomic mass is 10.0. The van der Waals surface area contributed by atoms with E-state index in [0.717, 1.165) is 37.3 Å². The van der Waals surface area contributed by atoms with Crippen LogP contribution in [-0.4, -0.2) is 49.0 Å². The molecule has 2 aliphatic rings. The number of Topliss-reactive ketones (excluding diaryl/α,β-unsaturated/α-hetero) is 1. The molecule has 0 spiro atoms. The molecule has 4 rings (SSSR count). The number of pyridine rings is 1. The first-order valence-corrected chi connectivity index (χ1v) is 9.82. The van der Waals surface area contributed by atoms with Gasteiger partial charge in [-0.05, 0) is 30.5 Å². The molecule has 0 radical (unpaired) electrons. The SMILES string of the molecule is CCc1cccc(-c2cnc3c(c2)N(C(=O)CNCC2COC2)C(C)C3=O)c1. The number of hydrogen-bond acceptors (Lipinski definition) is 5. The van der Waals surface area contributed by atoms with E-state index in [4.69, 9.17) is 4.74 Å². The highest BCUT2D eigenvalue weighted by Gasteiger charge is 2.39. The number of hydrogen-bond donors (Lipinski definition) is 1. The molecule has 28 heavy (non-hydrogen) atoms. The summed E-state index contributed by atoms with van der Waals surface area (Å²) < 4.78 is 5.15. The summed E-state index contributed by atoms with van der Waals surface area (Å²) in [5.74, 6) is 0.252. The predicted octanol–water partition coefficient (Wildman–Crippen LogP) is 2.46. The van der Waals surface area contributed by atoms with Crippen LogP contribution < -0.4 is 10.2 Å². The van der Waals surface area contributed by atoms with Crippen molar-refractivity contribution in [1.82, 2.24) is 10.3 Å². The van der Waals surface area contributed by atoms with Crippen molar-refractivity contribution in [2.75, 3.05) is 31.2 Å². The summed E-state index contributed by atoms with van der Waals surface area (Å²) in [6, 6.07) is 9.64. The summed E-state index contributed by atoms with van der Waals surface area (Å²) >= 11 is 0. The second kappa shape index (κ2) is 7.81. The van der Waals surface area contributed by atoms with E-state index in [9.17, 15) is 9.59 Å². The lowest BCUT2D eigenvalue weighted by Gasteiger charge is -2.27. The first-order chi connectivity index (χ1) is 13.6. The van der Waals surface area contributed by atoms with Crippen molar-refractivity contribution in [3.05, 3.63) is 47.8 Å². The van der Waals surface area contributed by atoms with Crippen LogP contribution >= 0.6 is 0 Å². The van der Waals surface area contributed by atoms with Crippen molar-refractivity contribution in [2.45, 2.75) is 26.3 Å². The van der Waals surface area contributed by atoms with Gasteiger partial charge in [-0.1, -0.05) is 31.2 Å². The Morgan fingerprint density at radius 3 is 2.82 bits per heavy atom. The van der Waals surface area contributed by atoms with E-state index >= 15 is 0 Å². The van der Waals surface area contributed by atoms with Gasteiger partial charge in [-0.25, -0.2) is 0 Å². The highest BCUT2D eigenvalue weighted by atomic mass is 16.5. The molecular weight excluding hydrogens is 354 g/mol. The van der Waals surface area contributed by atoms with E-state index in [1.165, 1.54) is 5.56 Å². The van der Waals surface area contributed by atoms with Gasteiger partial charge in [0.15, 0.2) is 0 Å². The Bertz CT molecular complexity index is 908. The van der Waals surface area contributed by atoms with E-state index in [1.807, 2.05) is 18.2 Å². The number of carbonyl (C=O) groups excluding carboxylic acids is 2. The zero-order valence-electron chi connectivity index (χ0n) is 16.3. The molecule has 1 aromatic carbocycles. The van der Waals surface area contributed by atoms with Crippen LogP contribution in [0.2, 0.25) is 0 Å². The molecule has 6 nitrogen and oxygen atoms in total. The molecule has 1 aromatic heterocycles. The number of ketones is 1. The Kier molecular flexibility index (Phi) is 5.24. The van der Waals surface area contributed by atoms with Gasteiger partial charge in [-0.3, -0.25) is 19.5 Å². The minimum absolute atomic E-state index is 0.107. The number of ether oxygens (including phenoxy) is 1. The van der Waals surface area contributed by atoms with Crippen molar-refractivity contribution in [1.29, 1.82) is 0 Å². The molecule has 1 atom stereocenters. The standard InChI is InChI=1S/C22H25N3O3/c1-3-15-5-4-6-17(7-15)18-8-19-21(24-10-18)22(27)14(2)25(19)20(26)11-23-9-16-12-28-13-16/h4-8,10,14,16,23H,3,9,11-13H2,1-2H3. The van der Waals surface area contributed by atoms with E-state index in [1.54, 1.807) is 18.0 Å². The van der Waals surface area contributed by atoms with E-state index in [2.05, 4.69) is 29.4 Å². The smallest absolute Gasteiger partial charge is 0.241 e. The lowest BCUT2D eigenvalue weighted by Crippen LogP contribution is -2.45. The van der Waals surface area contributed by atoms with E-state index in [0.29, 0.717) is 17.3 Å². The van der Waals surface area contributed by atoms with Gasteiger partial charge in [0.1, 0.15) is 5.69 Å². The number of nitrogens with one attached hydrogen (secondary N) is 1. The van der Waals surface area contributed by atoms with Crippen LogP contribution in [0.4, 0.5) is 5.69 Å². The Morgan fingerprint density at radius 2 is 2.11 bits per heavy atom. The maximum atomic E-state index is 12.9. The Labute approximate surface area is 164 Å². The molecular formula is C22H25N3O3. The van der Waals surface area contributed by atoms with Gasteiger partial charge >= 0.3 is 0 Å². The molecule has 0 aliphatic carbocycles. The average molecular weight is 379 g/mol. The molecule has 1 unspecified atom stereocenters. The average Bonchev–Trinajstić information content (AvgIpc) is 2.93. The molecule has 0 saturated carbocycles. The van der Waals surface area contributed by atoms with Gasteiger partial charge < -0.3 is 10.1 Å². The van der Waals surface area contributed by atoms with Crippen LogP contribution in [0.5, 0.6) is 0 Å². The Morgan fingerprint density at radius 1 is 1.29 bits per heavy atom. The lowest BCUT2D eigenvalue weighted by molar-refractivity contribution is -0.118. The summed E-state index contributed by atoms with van der Waals surface area (Å²) in [4.78, 5) is 31.4. The van der Waals surface area contributed by atoms with Crippen molar-refractivity contribution in [3.63, 3.8) is 0 Å². The van der Waals surface area contributed by atoms with Crippen LogP contribution in [-0.2, 0) is 16.0 Å². The van der Waals surface area contributed by atoms with Crippen molar-refractivity contribution in [3.8, 4) is 11.1 Å². The highest BCUT2D eigenvalue weighted by Crippen LogP contribution is 2.34. The molecule has 146 valence electrons. The molecule has 1 N–H and O–H groups in total. The first-order valence-electron chi connectivity index (χ1n) is 9.82. The second-order valence-corrected chi connectivity index (χ2v) is 7.48. The van der Waals surface area contributed by atoms with Gasteiger partial charge in [0.2, 0.25) is 11.7 Å². The number of benzene rings is 1. The zero-order valence-corrected chi connectivity index (χ0v) is 16.3. The van der Waals surface area contributed by atoms with Gasteiger partial charge in [-0.2, -0.15) is 0 Å². The monoisotopic (exact) mass is 379 g/mol. The Hall–Kier alpha value is -2.57. The maximum Gasteiger partial charge on any atom is 0.241 e. The molecule has 3 heterocycles. The van der Waals surface area contributed by atoms with Gasteiger partial charge in [-0.15, -0.1) is 0 Å². The third kappa shape index (κ3) is 3.45. The van der Waals surface area contributed by atoms with Gasteiger partial charge in [0, 0.05) is 24.2 Å². The largest absolute Gasteiger partial charge is 0.381 e. The number of amides is 1. The number of rotatable bonds is 6. The molecule has 1 amide bonds. The van der Waals surface area contributed by atoms with Crippen molar-refractivity contribution < 1.29 is 14.3 Å². The second-order valence-electron chi connectivity index (χ2n) is 7.48. The quantitative estimate of drug-likeness (QED) is 0.835. The van der Waals surface area contributed by atoms with Crippen LogP contribution in [0.25, 0.3) is 11.1 Å². The predicted molar refractivity (Wildman–Crippen MR) is 108 cm³/mol. The van der Waals surface area contributed by atoms with Crippen LogP contribution in [0.15, 0.2) is 36.5 Å². The molecule has 1 saturated heterocycles. The summed E-state index contributed by atoms with van der Waals surface area (Å²) in [5, 5.41) is 3.19. The van der Waals surface area contributed by atoms with E-state index < -0.39 is 6.04 Å². The fourth-order valence-corrected chi connectivity index (χ4v) is 3.70. The number of carbonyl (C=O) groups is 2. The molecule has 6 heteroatoms. The molecule has 2 aliphatic heterocycles. The van der Waals surface area contributed by atoms with Crippen molar-refractivity contribution >= 4 is 17.4 Å². The number of aromatic nitrogens is 1. The molecule has 0 bridgehead atoms. The summed E-state index contributed by atoms with van der Waals surface area (Å²) in [6.07, 6.45) is 2.67. The maximum absolute atomic E-state index is 12.9. The third-order valence-corrected chi connectivity index (χ3v) is 5.48. The molecule has 1 fully saturated rings. The van der Waals surface area contributed by atoms with Gasteiger partial charge in [0.05, 0.1) is 31.5 Å². The summed E-state index contributed by atoms with van der Waals surface area (Å²) in [7, 11) is 0. The number of fused-ring (bicyclic) bond motifs is 1. The fraction of sp³-hybridized carbons (Fsp3) is 0.409. The number of aryl methyl sites for hydroxylation is 1. The van der Waals surface area contributed by atoms with Crippen LogP contribution in [0.3, 0.4) is 0 Å². The minimum Gasteiger partial charge on any atom is -0.381 e. The van der Waals surface area contributed by atoms with E-state index in [-0.39, 0.29) is 18.2 Å². The Balaban J connectivity index is 1.58. The van der Waals surface area contributed by atoms with Crippen LogP contribution in [0.1, 0.15) is 29.9 Å². The molecule has 2 aromatic rings.